The summed E-state index contributed by atoms with van der Waals surface area (Å²) in [5, 5.41) is 10.5. The average Bonchev–Trinajstić information content (AvgIpc) is 2.09. The van der Waals surface area contributed by atoms with Gasteiger partial charge in [0.05, 0.1) is 13.2 Å². The maximum atomic E-state index is 9.00. The van der Waals surface area contributed by atoms with Crippen LogP contribution >= 0.6 is 0 Å². The molecule has 0 spiro atoms. The van der Waals surface area contributed by atoms with E-state index in [0.717, 1.165) is 26.3 Å². The number of aliphatic carboxylic acids is 1. The van der Waals surface area contributed by atoms with E-state index in [9.17, 15) is 0 Å². The standard InChI is InChI=1S/C4H9NO.C2H2O3.H2O/c1-3-6-4-2-5-1;3-1-2(4)5;/h5H,1-4H2;1H,(H,4,5);1H2. The normalized spacial score (nSPS) is 14.7. The molecule has 0 amide bonds. The zero-order valence-electron chi connectivity index (χ0n) is 6.58. The molecular formula is C6H13NO5. The third-order valence-corrected chi connectivity index (χ3v) is 0.947. The van der Waals surface area contributed by atoms with Crippen molar-refractivity contribution < 1.29 is 24.9 Å². The predicted molar refractivity (Wildman–Crippen MR) is 41.0 cm³/mol. The van der Waals surface area contributed by atoms with Crippen molar-refractivity contribution in [2.24, 2.45) is 0 Å². The Balaban J connectivity index is 0. The largest absolute Gasteiger partial charge is 0.476 e. The fourth-order valence-electron chi connectivity index (χ4n) is 0.516. The Hall–Kier alpha value is -0.980. The second-order valence-corrected chi connectivity index (χ2v) is 1.82. The van der Waals surface area contributed by atoms with Gasteiger partial charge < -0.3 is 20.6 Å². The van der Waals surface area contributed by atoms with E-state index in [1.54, 1.807) is 0 Å². The zero-order valence-corrected chi connectivity index (χ0v) is 6.58. The van der Waals surface area contributed by atoms with Gasteiger partial charge in [0.15, 0.2) is 0 Å². The fraction of sp³-hybridized carbons (Fsp3) is 0.667. The van der Waals surface area contributed by atoms with Crippen LogP contribution in [0.1, 0.15) is 0 Å². The maximum Gasteiger partial charge on any atom is 0.368 e. The number of nitrogens with one attached hydrogen (secondary N) is 1. The highest BCUT2D eigenvalue weighted by Gasteiger charge is 1.92. The molecule has 1 rings (SSSR count). The molecule has 0 saturated carbocycles. The van der Waals surface area contributed by atoms with Crippen molar-refractivity contribution in [3.8, 4) is 0 Å². The molecule has 1 aliphatic rings. The SMILES string of the molecule is C1COCCN1.O.O=CC(=O)O. The van der Waals surface area contributed by atoms with Crippen LogP contribution in [0.5, 0.6) is 0 Å². The summed E-state index contributed by atoms with van der Waals surface area (Å²) >= 11 is 0. The maximum absolute atomic E-state index is 9.00. The highest BCUT2D eigenvalue weighted by molar-refractivity contribution is 6.19. The van der Waals surface area contributed by atoms with Crippen LogP contribution in [0.4, 0.5) is 0 Å². The molecular weight excluding hydrogens is 166 g/mol. The van der Waals surface area contributed by atoms with E-state index in [2.05, 4.69) is 5.32 Å². The van der Waals surface area contributed by atoms with E-state index in [4.69, 9.17) is 19.4 Å². The highest BCUT2D eigenvalue weighted by atomic mass is 16.5. The Kier molecular flexibility index (Phi) is 11.4. The summed E-state index contributed by atoms with van der Waals surface area (Å²) in [6.45, 7) is 3.83. The number of rotatable bonds is 1. The molecule has 6 nitrogen and oxygen atoms in total. The summed E-state index contributed by atoms with van der Waals surface area (Å²) in [5.41, 5.74) is 0. The topological polar surface area (TPSA) is 107 Å². The molecule has 0 atom stereocenters. The summed E-state index contributed by atoms with van der Waals surface area (Å²) < 4.78 is 5.01. The van der Waals surface area contributed by atoms with Crippen LogP contribution in [0.25, 0.3) is 0 Å². The summed E-state index contributed by atoms with van der Waals surface area (Å²) in [6.07, 6.45) is -0.167. The van der Waals surface area contributed by atoms with E-state index in [0.29, 0.717) is 0 Å². The molecule has 4 N–H and O–H groups in total. The van der Waals surface area contributed by atoms with Gasteiger partial charge in [0.1, 0.15) is 0 Å². The molecule has 0 unspecified atom stereocenters. The minimum atomic E-state index is -1.43. The van der Waals surface area contributed by atoms with E-state index in [1.807, 2.05) is 0 Å². The molecule has 72 valence electrons. The van der Waals surface area contributed by atoms with Crippen molar-refractivity contribution in [1.29, 1.82) is 0 Å². The highest BCUT2D eigenvalue weighted by Crippen LogP contribution is 1.76. The van der Waals surface area contributed by atoms with Gasteiger partial charge in [0.25, 0.3) is 0 Å². The van der Waals surface area contributed by atoms with Crippen LogP contribution in [0, 0.1) is 0 Å². The van der Waals surface area contributed by atoms with Gasteiger partial charge in [0, 0.05) is 13.1 Å². The number of hydrogen-bond acceptors (Lipinski definition) is 4. The minimum absolute atomic E-state index is 0. The number of carbonyl (C=O) groups excluding carboxylic acids is 1. The number of carboxylic acids is 1. The molecule has 1 saturated heterocycles. The Morgan fingerprint density at radius 3 is 1.92 bits per heavy atom. The van der Waals surface area contributed by atoms with Crippen molar-refractivity contribution >= 4 is 12.3 Å². The summed E-state index contributed by atoms with van der Waals surface area (Å²) in [7, 11) is 0. The molecule has 0 aromatic rings. The Morgan fingerprint density at radius 2 is 1.83 bits per heavy atom. The van der Waals surface area contributed by atoms with E-state index in [-0.39, 0.29) is 11.8 Å². The van der Waals surface area contributed by atoms with Crippen molar-refractivity contribution in [2.45, 2.75) is 0 Å². The molecule has 0 aromatic heterocycles. The van der Waals surface area contributed by atoms with Crippen LogP contribution in [-0.4, -0.2) is 49.1 Å². The van der Waals surface area contributed by atoms with Crippen LogP contribution in [0.15, 0.2) is 0 Å². The number of hydrogen-bond donors (Lipinski definition) is 2. The van der Waals surface area contributed by atoms with Gasteiger partial charge in [-0.1, -0.05) is 0 Å². The second-order valence-electron chi connectivity index (χ2n) is 1.82. The average molecular weight is 179 g/mol. The van der Waals surface area contributed by atoms with Crippen molar-refractivity contribution in [3.05, 3.63) is 0 Å². The Bertz CT molecular complexity index is 112. The summed E-state index contributed by atoms with van der Waals surface area (Å²) in [6, 6.07) is 0. The van der Waals surface area contributed by atoms with Crippen molar-refractivity contribution in [3.63, 3.8) is 0 Å². The lowest BCUT2D eigenvalue weighted by molar-refractivity contribution is -0.143. The second kappa shape index (κ2) is 10.0. The molecule has 1 aliphatic heterocycles. The monoisotopic (exact) mass is 179 g/mol. The zero-order chi connectivity index (χ0) is 8.53. The van der Waals surface area contributed by atoms with Gasteiger partial charge in [0.2, 0.25) is 6.29 Å². The molecule has 0 bridgehead atoms. The predicted octanol–water partition coefficient (Wildman–Crippen LogP) is -1.95. The quantitative estimate of drug-likeness (QED) is 0.359. The molecule has 6 heteroatoms. The van der Waals surface area contributed by atoms with E-state index >= 15 is 0 Å². The molecule has 0 aromatic carbocycles. The van der Waals surface area contributed by atoms with Gasteiger partial charge in [-0.05, 0) is 0 Å². The molecule has 0 aliphatic carbocycles. The fourth-order valence-corrected chi connectivity index (χ4v) is 0.516. The first-order valence-corrected chi connectivity index (χ1v) is 3.24. The van der Waals surface area contributed by atoms with E-state index < -0.39 is 5.97 Å². The van der Waals surface area contributed by atoms with Crippen molar-refractivity contribution in [2.75, 3.05) is 26.3 Å². The van der Waals surface area contributed by atoms with Gasteiger partial charge in [-0.25, -0.2) is 4.79 Å². The summed E-state index contributed by atoms with van der Waals surface area (Å²) in [5.74, 6) is -1.43. The van der Waals surface area contributed by atoms with Gasteiger partial charge in [-0.15, -0.1) is 0 Å². The smallest absolute Gasteiger partial charge is 0.368 e. The third kappa shape index (κ3) is 11.8. The van der Waals surface area contributed by atoms with Crippen LogP contribution < -0.4 is 5.32 Å². The minimum Gasteiger partial charge on any atom is -0.476 e. The van der Waals surface area contributed by atoms with Crippen LogP contribution in [0.2, 0.25) is 0 Å². The number of morpholine rings is 1. The number of carboxylic acid groups (broad SMARTS) is 1. The first-order chi connectivity index (χ1) is 5.27. The first kappa shape index (κ1) is 13.6. The van der Waals surface area contributed by atoms with Gasteiger partial charge >= 0.3 is 5.97 Å². The number of aldehydes is 1. The molecule has 1 heterocycles. The molecule has 1 fully saturated rings. The third-order valence-electron chi connectivity index (χ3n) is 0.947. The van der Waals surface area contributed by atoms with Crippen LogP contribution in [-0.2, 0) is 14.3 Å². The van der Waals surface area contributed by atoms with Gasteiger partial charge in [-0.2, -0.15) is 0 Å². The lowest BCUT2D eigenvalue weighted by Gasteiger charge is -2.10. The van der Waals surface area contributed by atoms with E-state index in [1.165, 1.54) is 0 Å². The molecule has 0 radical (unpaired) electrons. The Labute approximate surface area is 69.8 Å². The Morgan fingerprint density at radius 1 is 1.42 bits per heavy atom. The molecule has 12 heavy (non-hydrogen) atoms. The van der Waals surface area contributed by atoms with Gasteiger partial charge in [-0.3, -0.25) is 4.79 Å². The first-order valence-electron chi connectivity index (χ1n) is 3.24. The number of ether oxygens (including phenoxy) is 1. The van der Waals surface area contributed by atoms with Crippen molar-refractivity contribution in [1.82, 2.24) is 5.32 Å². The number of carbonyl (C=O) groups is 2. The lowest BCUT2D eigenvalue weighted by Crippen LogP contribution is -2.30. The summed E-state index contributed by atoms with van der Waals surface area (Å²) in [4.78, 5) is 17.9. The van der Waals surface area contributed by atoms with Crippen LogP contribution in [0.3, 0.4) is 0 Å². The lowest BCUT2D eigenvalue weighted by atomic mass is 10.5.